The second kappa shape index (κ2) is 7.00. The van der Waals surface area contributed by atoms with Gasteiger partial charge in [0.25, 0.3) is 25.7 Å². The normalized spacial score (nSPS) is 11.9. The van der Waals surface area contributed by atoms with Crippen LogP contribution < -0.4 is 0 Å². The van der Waals surface area contributed by atoms with Crippen molar-refractivity contribution in [3.63, 3.8) is 0 Å². The highest BCUT2D eigenvalue weighted by atomic mass is 35.5. The number of rotatable bonds is 5. The molecule has 26 heavy (non-hydrogen) atoms. The number of hydrogen-bond acceptors (Lipinski definition) is 7. The average molecular weight is 416 g/mol. The van der Waals surface area contributed by atoms with Crippen LogP contribution in [0.5, 0.6) is 0 Å². The van der Waals surface area contributed by atoms with E-state index in [1.807, 2.05) is 0 Å². The van der Waals surface area contributed by atoms with Crippen molar-refractivity contribution in [2.24, 2.45) is 0 Å². The van der Waals surface area contributed by atoms with Crippen molar-refractivity contribution in [1.82, 2.24) is 3.71 Å². The fourth-order valence-electron chi connectivity index (χ4n) is 1.95. The molecule has 12 heteroatoms. The van der Waals surface area contributed by atoms with E-state index in [1.54, 1.807) is 6.07 Å². The third kappa shape index (κ3) is 3.54. The summed E-state index contributed by atoms with van der Waals surface area (Å²) in [5.74, 6) is 0. The first-order chi connectivity index (χ1) is 12.0. The third-order valence-corrected chi connectivity index (χ3v) is 7.90. The van der Waals surface area contributed by atoms with Crippen molar-refractivity contribution < 1.29 is 21.8 Å². The summed E-state index contributed by atoms with van der Waals surface area (Å²) < 4.78 is 50.5. The van der Waals surface area contributed by atoms with Gasteiger partial charge in [-0.1, -0.05) is 21.4 Å². The Kier molecular flexibility index (Phi) is 5.33. The fraction of sp³-hybridized carbons (Fsp3) is 0.0714. The van der Waals surface area contributed by atoms with Gasteiger partial charge in [-0.25, -0.2) is 16.8 Å². The number of hydrogen-bond donors (Lipinski definition) is 0. The Balaban J connectivity index is 2.57. The number of halogens is 1. The summed E-state index contributed by atoms with van der Waals surface area (Å²) in [6.45, 7) is 0. The molecule has 0 aliphatic rings. The minimum Gasteiger partial charge on any atom is -0.258 e. The lowest BCUT2D eigenvalue weighted by molar-refractivity contribution is -0.384. The Bertz CT molecular complexity index is 1140. The van der Waals surface area contributed by atoms with Crippen LogP contribution in [0.15, 0.2) is 52.3 Å². The molecule has 0 aromatic heterocycles. The summed E-state index contributed by atoms with van der Waals surface area (Å²) in [7, 11) is -8.37. The Morgan fingerprint density at radius 1 is 1.08 bits per heavy atom. The average Bonchev–Trinajstić information content (AvgIpc) is 2.60. The predicted molar refractivity (Wildman–Crippen MR) is 91.4 cm³/mol. The van der Waals surface area contributed by atoms with Gasteiger partial charge in [-0.3, -0.25) is 10.1 Å². The Labute approximate surface area is 154 Å². The van der Waals surface area contributed by atoms with Crippen LogP contribution in [-0.2, 0) is 20.0 Å². The van der Waals surface area contributed by atoms with Crippen LogP contribution in [0.3, 0.4) is 0 Å². The standard InChI is InChI=1S/C14H10ClN3O6S2/c1-17(25(21,22)11-4-2-3-10(7-11)9-16)26(23,24)12-5-6-13(15)14(8-12)18(19)20/h2-8H,1H3. The Morgan fingerprint density at radius 2 is 1.65 bits per heavy atom. The molecule has 0 aliphatic heterocycles. The van der Waals surface area contributed by atoms with Crippen molar-refractivity contribution in [2.45, 2.75) is 9.79 Å². The minimum absolute atomic E-state index is 0.0269. The van der Waals surface area contributed by atoms with Gasteiger partial charge in [-0.15, -0.1) is 0 Å². The highest BCUT2D eigenvalue weighted by Crippen LogP contribution is 2.30. The molecule has 2 aromatic rings. The molecule has 0 spiro atoms. The molecule has 0 saturated carbocycles. The van der Waals surface area contributed by atoms with Crippen LogP contribution >= 0.6 is 11.6 Å². The zero-order chi connectivity index (χ0) is 19.7. The van der Waals surface area contributed by atoms with Crippen molar-refractivity contribution in [2.75, 3.05) is 7.05 Å². The lowest BCUT2D eigenvalue weighted by Gasteiger charge is -2.17. The highest BCUT2D eigenvalue weighted by Gasteiger charge is 2.34. The molecule has 136 valence electrons. The molecule has 0 amide bonds. The Hall–Kier alpha value is -2.52. The van der Waals surface area contributed by atoms with Crippen LogP contribution in [0.25, 0.3) is 0 Å². The second-order valence-corrected chi connectivity index (χ2v) is 9.48. The number of nitriles is 1. The van der Waals surface area contributed by atoms with Gasteiger partial charge in [0, 0.05) is 13.1 Å². The van der Waals surface area contributed by atoms with E-state index in [4.69, 9.17) is 16.9 Å². The van der Waals surface area contributed by atoms with E-state index in [1.165, 1.54) is 12.1 Å². The topological polar surface area (TPSA) is 138 Å². The van der Waals surface area contributed by atoms with E-state index < -0.39 is 40.4 Å². The zero-order valence-corrected chi connectivity index (χ0v) is 15.4. The quantitative estimate of drug-likeness (QED) is 0.538. The van der Waals surface area contributed by atoms with E-state index in [2.05, 4.69) is 0 Å². The lowest BCUT2D eigenvalue weighted by atomic mass is 10.2. The molecule has 2 aromatic carbocycles. The molecule has 0 bridgehead atoms. The maximum atomic E-state index is 12.6. The van der Waals surface area contributed by atoms with Crippen LogP contribution in [0, 0.1) is 21.4 Å². The molecular weight excluding hydrogens is 406 g/mol. The summed E-state index contributed by atoms with van der Waals surface area (Å²) in [4.78, 5) is 9.02. The predicted octanol–water partition coefficient (Wildman–Crippen LogP) is 2.13. The number of nitrogens with zero attached hydrogens (tertiary/aromatic N) is 3. The van der Waals surface area contributed by atoms with Gasteiger partial charge in [0.05, 0.1) is 26.3 Å². The maximum absolute atomic E-state index is 12.6. The van der Waals surface area contributed by atoms with Crippen molar-refractivity contribution in [3.05, 3.63) is 63.2 Å². The molecule has 9 nitrogen and oxygen atoms in total. The number of nitro benzene ring substituents is 1. The summed E-state index contributed by atoms with van der Waals surface area (Å²) in [5.41, 5.74) is -0.649. The molecule has 0 N–H and O–H groups in total. The SMILES string of the molecule is CN(S(=O)(=O)c1cccc(C#N)c1)S(=O)(=O)c1ccc(Cl)c([N+](=O)[O-])c1. The largest absolute Gasteiger partial charge is 0.289 e. The maximum Gasteiger partial charge on any atom is 0.289 e. The van der Waals surface area contributed by atoms with Gasteiger partial charge in [0.1, 0.15) is 5.02 Å². The fourth-order valence-corrected chi connectivity index (χ4v) is 5.30. The lowest BCUT2D eigenvalue weighted by Crippen LogP contribution is -2.33. The summed E-state index contributed by atoms with van der Waals surface area (Å²) in [5, 5.41) is 19.5. The monoisotopic (exact) mass is 415 g/mol. The Morgan fingerprint density at radius 3 is 2.19 bits per heavy atom. The molecule has 0 heterocycles. The van der Waals surface area contributed by atoms with Crippen molar-refractivity contribution in [3.8, 4) is 6.07 Å². The molecular formula is C14H10ClN3O6S2. The van der Waals surface area contributed by atoms with Crippen molar-refractivity contribution in [1.29, 1.82) is 5.26 Å². The van der Waals surface area contributed by atoms with Crippen LogP contribution in [0.2, 0.25) is 5.02 Å². The summed E-state index contributed by atoms with van der Waals surface area (Å²) in [6.07, 6.45) is 0. The number of benzene rings is 2. The van der Waals surface area contributed by atoms with Gasteiger partial charge < -0.3 is 0 Å². The molecule has 2 rings (SSSR count). The van der Waals surface area contributed by atoms with Gasteiger partial charge >= 0.3 is 0 Å². The molecule has 0 saturated heterocycles. The summed E-state index contributed by atoms with van der Waals surface area (Å²) in [6, 6.07) is 9.18. The van der Waals surface area contributed by atoms with Gasteiger partial charge in [-0.2, -0.15) is 5.26 Å². The number of sulfonamides is 2. The van der Waals surface area contributed by atoms with E-state index in [0.29, 0.717) is 6.07 Å². The van der Waals surface area contributed by atoms with Gasteiger partial charge in [-0.05, 0) is 30.3 Å². The van der Waals surface area contributed by atoms with Crippen LogP contribution in [-0.4, -0.2) is 32.5 Å². The highest BCUT2D eigenvalue weighted by molar-refractivity contribution is 8.04. The van der Waals surface area contributed by atoms with Gasteiger partial charge in [0.15, 0.2) is 0 Å². The van der Waals surface area contributed by atoms with Crippen molar-refractivity contribution >= 4 is 37.3 Å². The van der Waals surface area contributed by atoms with E-state index in [9.17, 15) is 26.9 Å². The second-order valence-electron chi connectivity index (χ2n) is 4.90. The van der Waals surface area contributed by atoms with Crippen LogP contribution in [0.4, 0.5) is 5.69 Å². The smallest absolute Gasteiger partial charge is 0.258 e. The van der Waals surface area contributed by atoms with Crippen LogP contribution in [0.1, 0.15) is 5.56 Å². The minimum atomic E-state index is -4.64. The van der Waals surface area contributed by atoms with E-state index in [0.717, 1.165) is 31.3 Å². The molecule has 0 aliphatic carbocycles. The first-order valence-corrected chi connectivity index (χ1v) is 9.96. The summed E-state index contributed by atoms with van der Waals surface area (Å²) >= 11 is 5.64. The molecule has 0 atom stereocenters. The number of nitro groups is 1. The zero-order valence-electron chi connectivity index (χ0n) is 13.0. The van der Waals surface area contributed by atoms with Gasteiger partial charge in [0.2, 0.25) is 0 Å². The molecule has 0 fully saturated rings. The van der Waals surface area contributed by atoms with E-state index >= 15 is 0 Å². The molecule has 0 radical (unpaired) electrons. The molecule has 0 unspecified atom stereocenters. The van der Waals surface area contributed by atoms with E-state index in [-0.39, 0.29) is 14.3 Å². The third-order valence-electron chi connectivity index (χ3n) is 3.35. The first-order valence-electron chi connectivity index (χ1n) is 6.70. The first kappa shape index (κ1) is 19.8.